The van der Waals surface area contributed by atoms with Crippen molar-refractivity contribution in [2.24, 2.45) is 11.7 Å². The molecule has 1 amide bonds. The Labute approximate surface area is 181 Å². The first kappa shape index (κ1) is 22.3. The number of rotatable bonds is 7. The molecule has 0 spiro atoms. The average molecular weight is 409 g/mol. The van der Waals surface area contributed by atoms with Crippen molar-refractivity contribution in [2.75, 3.05) is 45.8 Å². The molecule has 2 heterocycles. The number of likely N-dealkylation sites (tertiary alicyclic amines) is 1. The summed E-state index contributed by atoms with van der Waals surface area (Å²) in [4.78, 5) is 20.0. The molecule has 2 saturated heterocycles. The fraction of sp³-hybridized carbons (Fsp3) is 0.480. The number of nitrogens with two attached hydrogens (primary N) is 1. The number of carbonyl (C=O) groups is 1. The van der Waals surface area contributed by atoms with E-state index in [0.717, 1.165) is 70.8 Å². The molecular weight excluding hydrogens is 372 g/mol. The van der Waals surface area contributed by atoms with Crippen LogP contribution in [-0.2, 0) is 11.3 Å². The number of carbonyl (C=O) groups excluding carboxylic acids is 1. The van der Waals surface area contributed by atoms with Gasteiger partial charge in [-0.15, -0.1) is 0 Å². The van der Waals surface area contributed by atoms with E-state index in [9.17, 15) is 4.79 Å². The second-order valence-corrected chi connectivity index (χ2v) is 8.41. The van der Waals surface area contributed by atoms with Crippen LogP contribution in [0.15, 0.2) is 60.8 Å². The minimum absolute atomic E-state index is 0.168. The van der Waals surface area contributed by atoms with Crippen molar-refractivity contribution >= 4 is 5.91 Å². The lowest BCUT2D eigenvalue weighted by Gasteiger charge is -2.38. The van der Waals surface area contributed by atoms with Crippen LogP contribution in [0, 0.1) is 12.8 Å². The van der Waals surface area contributed by atoms with Gasteiger partial charge in [0.05, 0.1) is 0 Å². The van der Waals surface area contributed by atoms with Crippen molar-refractivity contribution in [1.29, 1.82) is 0 Å². The number of piperazine rings is 1. The first-order valence-corrected chi connectivity index (χ1v) is 11.1. The second-order valence-electron chi connectivity index (χ2n) is 8.41. The fourth-order valence-corrected chi connectivity index (χ4v) is 4.45. The maximum Gasteiger partial charge on any atom is 0.225 e. The van der Waals surface area contributed by atoms with Gasteiger partial charge in [0, 0.05) is 45.2 Å². The van der Waals surface area contributed by atoms with Gasteiger partial charge in [0.2, 0.25) is 5.91 Å². The summed E-state index contributed by atoms with van der Waals surface area (Å²) in [6.45, 7) is 13.3. The third-order valence-corrected chi connectivity index (χ3v) is 6.32. The van der Waals surface area contributed by atoms with Crippen LogP contribution >= 0.6 is 0 Å². The van der Waals surface area contributed by atoms with Crippen molar-refractivity contribution in [3.63, 3.8) is 0 Å². The molecule has 2 aliphatic rings. The molecule has 1 aromatic rings. The summed E-state index contributed by atoms with van der Waals surface area (Å²) in [6, 6.07) is 8.58. The highest BCUT2D eigenvalue weighted by Crippen LogP contribution is 2.22. The number of hydrogen-bond acceptors (Lipinski definition) is 4. The minimum atomic E-state index is 0.168. The SMILES string of the molecule is C=C/C=C(\C=C/N)CN1CCC(C(=O)N2CCN(Cc3ccccc3C)CC2)CC1. The largest absolute Gasteiger partial charge is 0.405 e. The molecule has 3 rings (SSSR count). The number of nitrogens with zero attached hydrogens (tertiary/aromatic N) is 3. The smallest absolute Gasteiger partial charge is 0.225 e. The van der Waals surface area contributed by atoms with Crippen molar-refractivity contribution in [3.05, 3.63) is 72.0 Å². The molecule has 1 aromatic carbocycles. The normalized spacial score (nSPS) is 20.0. The fourth-order valence-electron chi connectivity index (χ4n) is 4.45. The Morgan fingerprint density at radius 3 is 2.43 bits per heavy atom. The predicted octanol–water partition coefficient (Wildman–Crippen LogP) is 2.94. The molecule has 0 unspecified atom stereocenters. The van der Waals surface area contributed by atoms with Gasteiger partial charge in [-0.1, -0.05) is 43.0 Å². The molecule has 0 aromatic heterocycles. The van der Waals surface area contributed by atoms with Gasteiger partial charge in [0.25, 0.3) is 0 Å². The van der Waals surface area contributed by atoms with E-state index in [0.29, 0.717) is 5.91 Å². The van der Waals surface area contributed by atoms with E-state index in [2.05, 4.69) is 52.5 Å². The van der Waals surface area contributed by atoms with Crippen LogP contribution in [-0.4, -0.2) is 66.4 Å². The summed E-state index contributed by atoms with van der Waals surface area (Å²) >= 11 is 0. The van der Waals surface area contributed by atoms with Gasteiger partial charge in [-0.2, -0.15) is 0 Å². The third-order valence-electron chi connectivity index (χ3n) is 6.32. The Morgan fingerprint density at radius 2 is 1.80 bits per heavy atom. The predicted molar refractivity (Wildman–Crippen MR) is 124 cm³/mol. The molecule has 0 aliphatic carbocycles. The quantitative estimate of drug-likeness (QED) is 0.705. The Kier molecular flexibility index (Phi) is 8.29. The monoisotopic (exact) mass is 408 g/mol. The van der Waals surface area contributed by atoms with Crippen LogP contribution < -0.4 is 5.73 Å². The van der Waals surface area contributed by atoms with Crippen molar-refractivity contribution < 1.29 is 4.79 Å². The van der Waals surface area contributed by atoms with Crippen LogP contribution in [0.1, 0.15) is 24.0 Å². The van der Waals surface area contributed by atoms with Crippen molar-refractivity contribution in [1.82, 2.24) is 14.7 Å². The van der Waals surface area contributed by atoms with Crippen LogP contribution in [0.2, 0.25) is 0 Å². The lowest BCUT2D eigenvalue weighted by Crippen LogP contribution is -2.51. The number of hydrogen-bond donors (Lipinski definition) is 1. The molecule has 0 saturated carbocycles. The Hall–Kier alpha value is -2.37. The van der Waals surface area contributed by atoms with Crippen LogP contribution in [0.5, 0.6) is 0 Å². The second kappa shape index (κ2) is 11.1. The van der Waals surface area contributed by atoms with E-state index in [4.69, 9.17) is 5.73 Å². The average Bonchev–Trinajstić information content (AvgIpc) is 2.76. The van der Waals surface area contributed by atoms with E-state index < -0.39 is 0 Å². The molecule has 0 bridgehead atoms. The van der Waals surface area contributed by atoms with Gasteiger partial charge in [0.15, 0.2) is 0 Å². The summed E-state index contributed by atoms with van der Waals surface area (Å²) in [5.41, 5.74) is 9.43. The molecule has 2 fully saturated rings. The minimum Gasteiger partial charge on any atom is -0.405 e. The lowest BCUT2D eigenvalue weighted by molar-refractivity contribution is -0.138. The number of aryl methyl sites for hydroxylation is 1. The maximum atomic E-state index is 13.0. The number of allylic oxidation sites excluding steroid dienone is 2. The third kappa shape index (κ3) is 6.07. The standard InChI is InChI=1S/C25H36N4O/c1-3-6-22(9-12-26)19-27-13-10-23(11-14-27)25(30)29-17-15-28(16-18-29)20-24-8-5-4-7-21(24)2/h3-9,12,23H,1,10-11,13-20,26H2,2H3/b12-9-,22-6+. The van der Waals surface area contributed by atoms with Crippen LogP contribution in [0.3, 0.4) is 0 Å². The van der Waals surface area contributed by atoms with E-state index in [1.165, 1.54) is 11.1 Å². The zero-order chi connectivity index (χ0) is 21.3. The number of amides is 1. The summed E-state index contributed by atoms with van der Waals surface area (Å²) in [5.74, 6) is 0.523. The molecule has 162 valence electrons. The van der Waals surface area contributed by atoms with Crippen molar-refractivity contribution in [3.8, 4) is 0 Å². The molecule has 0 radical (unpaired) electrons. The van der Waals surface area contributed by atoms with Gasteiger partial charge in [0.1, 0.15) is 0 Å². The van der Waals surface area contributed by atoms with Gasteiger partial charge >= 0.3 is 0 Å². The van der Waals surface area contributed by atoms with E-state index in [1.54, 1.807) is 12.3 Å². The van der Waals surface area contributed by atoms with Crippen LogP contribution in [0.25, 0.3) is 0 Å². The van der Waals surface area contributed by atoms with Gasteiger partial charge in [-0.25, -0.2) is 0 Å². The zero-order valence-electron chi connectivity index (χ0n) is 18.3. The van der Waals surface area contributed by atoms with Crippen LogP contribution in [0.4, 0.5) is 0 Å². The summed E-state index contributed by atoms with van der Waals surface area (Å²) in [7, 11) is 0. The molecule has 5 heteroatoms. The topological polar surface area (TPSA) is 52.8 Å². The number of benzene rings is 1. The summed E-state index contributed by atoms with van der Waals surface area (Å²) in [5, 5.41) is 0. The Morgan fingerprint density at radius 1 is 1.10 bits per heavy atom. The Balaban J connectivity index is 1.43. The maximum absolute atomic E-state index is 13.0. The highest BCUT2D eigenvalue weighted by Gasteiger charge is 2.30. The first-order valence-electron chi connectivity index (χ1n) is 11.1. The van der Waals surface area contributed by atoms with E-state index >= 15 is 0 Å². The molecule has 2 N–H and O–H groups in total. The van der Waals surface area contributed by atoms with Gasteiger partial charge in [-0.3, -0.25) is 14.6 Å². The summed E-state index contributed by atoms with van der Waals surface area (Å²) in [6.07, 6.45) is 9.17. The first-order chi connectivity index (χ1) is 14.6. The van der Waals surface area contributed by atoms with Gasteiger partial charge in [-0.05, 0) is 61.8 Å². The molecular formula is C25H36N4O. The highest BCUT2D eigenvalue weighted by molar-refractivity contribution is 5.79. The molecule has 5 nitrogen and oxygen atoms in total. The van der Waals surface area contributed by atoms with Gasteiger partial charge < -0.3 is 10.6 Å². The van der Waals surface area contributed by atoms with E-state index in [-0.39, 0.29) is 5.92 Å². The summed E-state index contributed by atoms with van der Waals surface area (Å²) < 4.78 is 0. The van der Waals surface area contributed by atoms with Crippen molar-refractivity contribution in [2.45, 2.75) is 26.3 Å². The van der Waals surface area contributed by atoms with E-state index in [1.807, 2.05) is 12.2 Å². The lowest BCUT2D eigenvalue weighted by atomic mass is 9.94. The molecule has 0 atom stereocenters. The molecule has 30 heavy (non-hydrogen) atoms. The highest BCUT2D eigenvalue weighted by atomic mass is 16.2. The Bertz CT molecular complexity index is 769. The number of piperidine rings is 1. The molecule has 2 aliphatic heterocycles. The zero-order valence-corrected chi connectivity index (χ0v) is 18.3.